The van der Waals surface area contributed by atoms with Crippen LogP contribution in [0.5, 0.6) is 0 Å². The van der Waals surface area contributed by atoms with Gasteiger partial charge in [0.25, 0.3) is 0 Å². The quantitative estimate of drug-likeness (QED) is 0.855. The second-order valence-electron chi connectivity index (χ2n) is 6.61. The predicted molar refractivity (Wildman–Crippen MR) is 84.4 cm³/mol. The Kier molecular flexibility index (Phi) is 5.24. The van der Waals surface area contributed by atoms with E-state index in [2.05, 4.69) is 15.2 Å². The van der Waals surface area contributed by atoms with Gasteiger partial charge >= 0.3 is 0 Å². The molecule has 1 amide bonds. The van der Waals surface area contributed by atoms with Gasteiger partial charge in [0, 0.05) is 19.5 Å². The van der Waals surface area contributed by atoms with Crippen LogP contribution < -0.4 is 0 Å². The number of likely N-dealkylation sites (tertiary alicyclic amines) is 1. The van der Waals surface area contributed by atoms with Crippen LogP contribution in [0.15, 0.2) is 6.20 Å². The molecule has 1 aromatic heterocycles. The van der Waals surface area contributed by atoms with Crippen LogP contribution in [0.1, 0.15) is 50.6 Å². The highest BCUT2D eigenvalue weighted by Gasteiger charge is 2.27. The fourth-order valence-electron chi connectivity index (χ4n) is 3.79. The summed E-state index contributed by atoms with van der Waals surface area (Å²) >= 11 is 5.67. The molecule has 2 heterocycles. The minimum Gasteiger partial charge on any atom is -0.343 e. The van der Waals surface area contributed by atoms with E-state index in [9.17, 15) is 4.79 Å². The Bertz CT molecular complexity index is 501. The van der Waals surface area contributed by atoms with E-state index in [1.54, 1.807) is 6.20 Å². The topological polar surface area (TPSA) is 59.0 Å². The molecular formula is C16H23ClN4O. The molecule has 0 spiro atoms. The van der Waals surface area contributed by atoms with Crippen molar-refractivity contribution >= 4 is 17.5 Å². The molecule has 0 N–H and O–H groups in total. The Morgan fingerprint density at radius 3 is 2.68 bits per heavy atom. The number of halogens is 1. The lowest BCUT2D eigenvalue weighted by Gasteiger charge is -2.29. The summed E-state index contributed by atoms with van der Waals surface area (Å²) in [5, 5.41) is 8.11. The van der Waals surface area contributed by atoms with Crippen molar-refractivity contribution in [3.63, 3.8) is 0 Å². The van der Waals surface area contributed by atoms with Crippen molar-refractivity contribution in [3.05, 3.63) is 17.2 Å². The van der Waals surface area contributed by atoms with Gasteiger partial charge in [0.2, 0.25) is 11.2 Å². The van der Waals surface area contributed by atoms with Gasteiger partial charge in [-0.3, -0.25) is 4.79 Å². The molecule has 5 nitrogen and oxygen atoms in total. The monoisotopic (exact) mass is 322 g/mol. The van der Waals surface area contributed by atoms with Crippen molar-refractivity contribution in [1.29, 1.82) is 0 Å². The molecule has 0 unspecified atom stereocenters. The molecular weight excluding hydrogens is 300 g/mol. The molecule has 0 bridgehead atoms. The largest absolute Gasteiger partial charge is 0.343 e. The first-order chi connectivity index (χ1) is 10.7. The highest BCUT2D eigenvalue weighted by Crippen LogP contribution is 2.33. The zero-order valence-corrected chi connectivity index (χ0v) is 13.6. The SMILES string of the molecule is O=C(C[C@@H]1CCC[C@H](Cc2cnc(Cl)nn2)C1)N1CCCC1. The van der Waals surface area contributed by atoms with Gasteiger partial charge in [0.15, 0.2) is 0 Å². The summed E-state index contributed by atoms with van der Waals surface area (Å²) in [6, 6.07) is 0. The minimum atomic E-state index is 0.196. The van der Waals surface area contributed by atoms with Crippen LogP contribution in [0.25, 0.3) is 0 Å². The fourth-order valence-corrected chi connectivity index (χ4v) is 3.88. The average molecular weight is 323 g/mol. The van der Waals surface area contributed by atoms with E-state index in [0.717, 1.165) is 38.0 Å². The van der Waals surface area contributed by atoms with Gasteiger partial charge < -0.3 is 4.90 Å². The molecule has 1 aliphatic carbocycles. The van der Waals surface area contributed by atoms with E-state index in [-0.39, 0.29) is 5.28 Å². The number of amides is 1. The van der Waals surface area contributed by atoms with Gasteiger partial charge in [-0.2, -0.15) is 5.10 Å². The van der Waals surface area contributed by atoms with Gasteiger partial charge in [-0.15, -0.1) is 5.10 Å². The lowest BCUT2D eigenvalue weighted by molar-refractivity contribution is -0.131. The molecule has 1 aromatic rings. The van der Waals surface area contributed by atoms with Gasteiger partial charge in [0.1, 0.15) is 0 Å². The first-order valence-electron chi connectivity index (χ1n) is 8.32. The van der Waals surface area contributed by atoms with E-state index in [4.69, 9.17) is 11.6 Å². The summed E-state index contributed by atoms with van der Waals surface area (Å²) in [4.78, 5) is 18.3. The first kappa shape index (κ1) is 15.7. The van der Waals surface area contributed by atoms with Crippen molar-refractivity contribution in [1.82, 2.24) is 20.1 Å². The smallest absolute Gasteiger partial charge is 0.242 e. The summed E-state index contributed by atoms with van der Waals surface area (Å²) in [5.74, 6) is 1.47. The molecule has 0 aromatic carbocycles. The molecule has 6 heteroatoms. The predicted octanol–water partition coefficient (Wildman–Crippen LogP) is 2.89. The van der Waals surface area contributed by atoms with Crippen LogP contribution in [0.3, 0.4) is 0 Å². The molecule has 1 saturated carbocycles. The van der Waals surface area contributed by atoms with Crippen LogP contribution in [0.4, 0.5) is 0 Å². The molecule has 1 saturated heterocycles. The molecule has 0 radical (unpaired) electrons. The Hall–Kier alpha value is -1.23. The highest BCUT2D eigenvalue weighted by molar-refractivity contribution is 6.28. The minimum absolute atomic E-state index is 0.196. The normalized spacial score (nSPS) is 25.4. The maximum atomic E-state index is 12.3. The second-order valence-corrected chi connectivity index (χ2v) is 6.95. The third-order valence-electron chi connectivity index (χ3n) is 4.89. The van der Waals surface area contributed by atoms with Crippen LogP contribution in [0, 0.1) is 11.8 Å². The summed E-state index contributed by atoms with van der Waals surface area (Å²) < 4.78 is 0. The van der Waals surface area contributed by atoms with E-state index in [1.807, 2.05) is 4.90 Å². The van der Waals surface area contributed by atoms with Crippen molar-refractivity contribution in [3.8, 4) is 0 Å². The standard InChI is InChI=1S/C16H23ClN4O/c17-16-18-11-14(19-20-16)9-12-4-3-5-13(8-12)10-15(22)21-6-1-2-7-21/h11-13H,1-10H2/t12-,13+/m0/s1. The fraction of sp³-hybridized carbons (Fsp3) is 0.750. The molecule has 2 atom stereocenters. The van der Waals surface area contributed by atoms with Gasteiger partial charge in [-0.25, -0.2) is 4.98 Å². The summed E-state index contributed by atoms with van der Waals surface area (Å²) in [6.45, 7) is 1.92. The zero-order valence-electron chi connectivity index (χ0n) is 12.9. The van der Waals surface area contributed by atoms with Crippen LogP contribution in [0.2, 0.25) is 5.28 Å². The molecule has 2 fully saturated rings. The van der Waals surface area contributed by atoms with E-state index >= 15 is 0 Å². The Balaban J connectivity index is 1.50. The van der Waals surface area contributed by atoms with Crippen molar-refractivity contribution in [2.24, 2.45) is 11.8 Å². The lowest BCUT2D eigenvalue weighted by atomic mass is 9.78. The molecule has 22 heavy (non-hydrogen) atoms. The number of hydrogen-bond donors (Lipinski definition) is 0. The van der Waals surface area contributed by atoms with E-state index in [1.165, 1.54) is 32.1 Å². The maximum absolute atomic E-state index is 12.3. The third kappa shape index (κ3) is 4.15. The Morgan fingerprint density at radius 1 is 1.18 bits per heavy atom. The summed E-state index contributed by atoms with van der Waals surface area (Å²) in [5.41, 5.74) is 0.904. The number of rotatable bonds is 4. The van der Waals surface area contributed by atoms with E-state index < -0.39 is 0 Å². The Labute approximate surface area is 136 Å². The number of carbonyl (C=O) groups excluding carboxylic acids is 1. The number of aromatic nitrogens is 3. The molecule has 120 valence electrons. The first-order valence-corrected chi connectivity index (χ1v) is 8.70. The Morgan fingerprint density at radius 2 is 1.95 bits per heavy atom. The van der Waals surface area contributed by atoms with Crippen molar-refractivity contribution in [2.45, 2.75) is 51.4 Å². The number of nitrogens with zero attached hydrogens (tertiary/aromatic N) is 4. The number of carbonyl (C=O) groups is 1. The molecule has 3 rings (SSSR count). The van der Waals surface area contributed by atoms with E-state index in [0.29, 0.717) is 17.7 Å². The summed E-state index contributed by atoms with van der Waals surface area (Å²) in [7, 11) is 0. The summed E-state index contributed by atoms with van der Waals surface area (Å²) in [6.07, 6.45) is 10.4. The zero-order chi connectivity index (χ0) is 15.4. The van der Waals surface area contributed by atoms with Crippen molar-refractivity contribution < 1.29 is 4.79 Å². The lowest BCUT2D eigenvalue weighted by Crippen LogP contribution is -2.31. The van der Waals surface area contributed by atoms with Crippen LogP contribution >= 0.6 is 11.6 Å². The molecule has 1 aliphatic heterocycles. The maximum Gasteiger partial charge on any atom is 0.242 e. The average Bonchev–Trinajstić information content (AvgIpc) is 3.04. The van der Waals surface area contributed by atoms with Crippen LogP contribution in [-0.2, 0) is 11.2 Å². The van der Waals surface area contributed by atoms with Crippen LogP contribution in [-0.4, -0.2) is 39.1 Å². The highest BCUT2D eigenvalue weighted by atomic mass is 35.5. The van der Waals surface area contributed by atoms with Gasteiger partial charge in [0.05, 0.1) is 11.9 Å². The second kappa shape index (κ2) is 7.36. The van der Waals surface area contributed by atoms with Crippen molar-refractivity contribution in [2.75, 3.05) is 13.1 Å². The third-order valence-corrected chi connectivity index (χ3v) is 5.07. The van der Waals surface area contributed by atoms with Gasteiger partial charge in [-0.1, -0.05) is 12.8 Å². The molecule has 2 aliphatic rings. The number of hydrogen-bond acceptors (Lipinski definition) is 4. The van der Waals surface area contributed by atoms with Gasteiger partial charge in [-0.05, 0) is 55.5 Å².